The first-order valence-electron chi connectivity index (χ1n) is 31.2. The summed E-state index contributed by atoms with van der Waals surface area (Å²) >= 11 is 0. The number of allylic oxidation sites excluding steroid dienone is 15. The predicted octanol–water partition coefficient (Wildman–Crippen LogP) is 21.3. The average Bonchev–Trinajstić information content (AvgIpc) is 3.40. The van der Waals surface area contributed by atoms with Crippen molar-refractivity contribution in [2.24, 2.45) is 0 Å². The zero-order chi connectivity index (χ0) is 53.6. The summed E-state index contributed by atoms with van der Waals surface area (Å²) in [4.78, 5) is 38.2. The van der Waals surface area contributed by atoms with Crippen LogP contribution in [0, 0.1) is 0 Å². The monoisotopic (exact) mass is 1030 g/mol. The number of carbonyl (C=O) groups is 3. The van der Waals surface area contributed by atoms with E-state index in [0.717, 1.165) is 77.0 Å². The molecule has 6 heteroatoms. The summed E-state index contributed by atoms with van der Waals surface area (Å²) in [5.74, 6) is -1.04. The van der Waals surface area contributed by atoms with Gasteiger partial charge in [0.05, 0.1) is 6.42 Å². The van der Waals surface area contributed by atoms with Crippen molar-refractivity contribution in [2.45, 2.75) is 303 Å². The maximum Gasteiger partial charge on any atom is 0.309 e. The predicted molar refractivity (Wildman–Crippen MR) is 320 cm³/mol. The molecule has 0 radical (unpaired) electrons. The minimum Gasteiger partial charge on any atom is -0.462 e. The van der Waals surface area contributed by atoms with Crippen LogP contribution in [0.2, 0.25) is 0 Å². The number of rotatable bonds is 56. The Kier molecular flexibility index (Phi) is 58.8. The molecule has 0 aliphatic carbocycles. The molecule has 0 aromatic heterocycles. The van der Waals surface area contributed by atoms with Gasteiger partial charge in [0.1, 0.15) is 13.2 Å². The van der Waals surface area contributed by atoms with Crippen molar-refractivity contribution in [1.82, 2.24) is 0 Å². The first kappa shape index (κ1) is 70.3. The summed E-state index contributed by atoms with van der Waals surface area (Å²) in [6, 6.07) is 0. The second kappa shape index (κ2) is 61.9. The van der Waals surface area contributed by atoms with Crippen molar-refractivity contribution in [1.29, 1.82) is 0 Å². The van der Waals surface area contributed by atoms with Crippen molar-refractivity contribution in [3.8, 4) is 0 Å². The van der Waals surface area contributed by atoms with E-state index in [1.165, 1.54) is 180 Å². The Morgan fingerprint density at radius 2 is 0.581 bits per heavy atom. The van der Waals surface area contributed by atoms with Gasteiger partial charge in [-0.05, 0) is 103 Å². The fourth-order valence-corrected chi connectivity index (χ4v) is 8.66. The number of carbonyl (C=O) groups excluding carboxylic acids is 3. The highest BCUT2D eigenvalue weighted by molar-refractivity contribution is 5.72. The smallest absolute Gasteiger partial charge is 0.309 e. The molecule has 0 amide bonds. The number of hydrogen-bond acceptors (Lipinski definition) is 6. The van der Waals surface area contributed by atoms with Gasteiger partial charge in [0.25, 0.3) is 0 Å². The lowest BCUT2D eigenvalue weighted by molar-refractivity contribution is -0.166. The molecule has 0 aromatic carbocycles. The van der Waals surface area contributed by atoms with Crippen LogP contribution < -0.4 is 0 Å². The van der Waals surface area contributed by atoms with Crippen LogP contribution in [0.3, 0.4) is 0 Å². The van der Waals surface area contributed by atoms with Crippen LogP contribution in [0.25, 0.3) is 0 Å². The zero-order valence-electron chi connectivity index (χ0n) is 48.6. The number of esters is 3. The highest BCUT2D eigenvalue weighted by Gasteiger charge is 2.19. The second-order valence-electron chi connectivity index (χ2n) is 20.6. The van der Waals surface area contributed by atoms with Crippen molar-refractivity contribution >= 4 is 17.9 Å². The fourth-order valence-electron chi connectivity index (χ4n) is 8.66. The average molecular weight is 1030 g/mol. The molecule has 0 fully saturated rings. The summed E-state index contributed by atoms with van der Waals surface area (Å²) in [5.41, 5.74) is 0. The van der Waals surface area contributed by atoms with E-state index in [1.54, 1.807) is 6.08 Å². The van der Waals surface area contributed by atoms with Gasteiger partial charge in [0.2, 0.25) is 0 Å². The third-order valence-electron chi connectivity index (χ3n) is 13.3. The van der Waals surface area contributed by atoms with E-state index >= 15 is 0 Å². The highest BCUT2D eigenvalue weighted by Crippen LogP contribution is 2.16. The molecule has 0 saturated heterocycles. The minimum atomic E-state index is -0.822. The number of unbranched alkanes of at least 4 members (excludes halogenated alkanes) is 30. The van der Waals surface area contributed by atoms with Crippen LogP contribution in [0.4, 0.5) is 0 Å². The van der Waals surface area contributed by atoms with Gasteiger partial charge in [-0.3, -0.25) is 14.4 Å². The summed E-state index contributed by atoms with van der Waals surface area (Å²) in [6.45, 7) is 6.44. The molecule has 0 spiro atoms. The molecule has 1 unspecified atom stereocenters. The Labute approximate surface area is 457 Å². The van der Waals surface area contributed by atoms with Gasteiger partial charge in [-0.25, -0.2) is 0 Å². The molecule has 0 bridgehead atoms. The minimum absolute atomic E-state index is 0.110. The quantitative estimate of drug-likeness (QED) is 0.0261. The summed E-state index contributed by atoms with van der Waals surface area (Å²) < 4.78 is 16.8. The van der Waals surface area contributed by atoms with Crippen LogP contribution in [0.1, 0.15) is 297 Å². The third kappa shape index (κ3) is 59.2. The first-order chi connectivity index (χ1) is 36.5. The van der Waals surface area contributed by atoms with E-state index in [-0.39, 0.29) is 31.6 Å². The van der Waals surface area contributed by atoms with E-state index < -0.39 is 12.1 Å². The Hall–Kier alpha value is -3.67. The number of ether oxygens (including phenoxy) is 3. The van der Waals surface area contributed by atoms with Crippen LogP contribution in [-0.4, -0.2) is 37.2 Å². The van der Waals surface area contributed by atoms with Gasteiger partial charge in [-0.2, -0.15) is 0 Å². The van der Waals surface area contributed by atoms with Crippen molar-refractivity contribution < 1.29 is 28.6 Å². The van der Waals surface area contributed by atoms with Crippen molar-refractivity contribution in [2.75, 3.05) is 13.2 Å². The Morgan fingerprint density at radius 3 is 0.959 bits per heavy atom. The Balaban J connectivity index is 4.42. The van der Waals surface area contributed by atoms with Crippen LogP contribution in [0.15, 0.2) is 97.2 Å². The molecule has 0 aliphatic heterocycles. The second-order valence-corrected chi connectivity index (χ2v) is 20.6. The Morgan fingerprint density at radius 1 is 0.297 bits per heavy atom. The van der Waals surface area contributed by atoms with Gasteiger partial charge < -0.3 is 14.2 Å². The molecule has 1 atom stereocenters. The van der Waals surface area contributed by atoms with Crippen LogP contribution >= 0.6 is 0 Å². The molecular weight excluding hydrogens is 913 g/mol. The zero-order valence-corrected chi connectivity index (χ0v) is 48.6. The van der Waals surface area contributed by atoms with E-state index in [2.05, 4.69) is 106 Å². The maximum absolute atomic E-state index is 12.9. The van der Waals surface area contributed by atoms with E-state index in [4.69, 9.17) is 14.2 Å². The Bertz CT molecular complexity index is 1460. The van der Waals surface area contributed by atoms with Gasteiger partial charge >= 0.3 is 17.9 Å². The molecule has 0 rings (SSSR count). The fraction of sp³-hybridized carbons (Fsp3) is 0.721. The molecule has 0 N–H and O–H groups in total. The standard InChI is InChI=1S/C68H116O6/c1-4-7-10-13-16-19-22-25-28-30-32-33-34-35-36-38-40-43-46-49-52-55-58-61-67(70)73-64-65(63-72-66(69)60-57-54-51-48-45-42-39-27-24-21-18-15-12-9-6-3)74-68(71)62-59-56-53-50-47-44-41-37-31-29-26-23-20-17-14-11-8-5-2/h9,12,18,21-22,25,27,29-32,39,45,48,54,57,65H,4-8,10-11,13-17,19-20,23-24,26,28,33-38,40-44,46-47,49-53,55-56,58-64H2,1-3H3/b12-9-,21-18-,25-22-,31-29-,32-30-,39-27-,48-45-,57-54-. The maximum atomic E-state index is 12.9. The molecule has 0 aromatic rings. The molecule has 74 heavy (non-hydrogen) atoms. The van der Waals surface area contributed by atoms with Crippen molar-refractivity contribution in [3.05, 3.63) is 97.2 Å². The molecule has 0 aliphatic rings. The van der Waals surface area contributed by atoms with E-state index in [1.807, 2.05) is 6.08 Å². The number of hydrogen-bond donors (Lipinski definition) is 0. The summed E-state index contributed by atoms with van der Waals surface area (Å²) in [6.07, 6.45) is 82.9. The third-order valence-corrected chi connectivity index (χ3v) is 13.3. The molecular formula is C68H116O6. The SMILES string of the molecule is CC/C=C\C/C=C\C/C=C\C/C=C\C/C=C\CC(=O)OCC(COC(=O)CCCCCCCCCCCCC/C=C\C/C=C\CCCCCCC)OC(=O)CCCCCCCCC/C=C\CCCCCCCCC. The van der Waals surface area contributed by atoms with Gasteiger partial charge in [0, 0.05) is 12.8 Å². The molecule has 6 nitrogen and oxygen atoms in total. The van der Waals surface area contributed by atoms with Crippen LogP contribution in [0.5, 0.6) is 0 Å². The highest BCUT2D eigenvalue weighted by atomic mass is 16.6. The van der Waals surface area contributed by atoms with E-state index in [9.17, 15) is 14.4 Å². The van der Waals surface area contributed by atoms with Gasteiger partial charge in [-0.15, -0.1) is 0 Å². The normalized spacial score (nSPS) is 12.7. The lowest BCUT2D eigenvalue weighted by atomic mass is 10.0. The topological polar surface area (TPSA) is 78.9 Å². The largest absolute Gasteiger partial charge is 0.462 e. The molecule has 0 saturated carbocycles. The summed E-state index contributed by atoms with van der Waals surface area (Å²) in [7, 11) is 0. The van der Waals surface area contributed by atoms with Crippen LogP contribution in [-0.2, 0) is 28.6 Å². The lowest BCUT2D eigenvalue weighted by Gasteiger charge is -2.18. The summed E-state index contributed by atoms with van der Waals surface area (Å²) in [5, 5.41) is 0. The molecule has 424 valence electrons. The van der Waals surface area contributed by atoms with E-state index in [0.29, 0.717) is 12.8 Å². The molecule has 0 heterocycles. The van der Waals surface area contributed by atoms with Gasteiger partial charge in [0.15, 0.2) is 6.10 Å². The van der Waals surface area contributed by atoms with Crippen molar-refractivity contribution in [3.63, 3.8) is 0 Å². The lowest BCUT2D eigenvalue weighted by Crippen LogP contribution is -2.30. The van der Waals surface area contributed by atoms with Gasteiger partial charge in [-0.1, -0.05) is 272 Å². The first-order valence-corrected chi connectivity index (χ1v) is 31.2.